The first-order chi connectivity index (χ1) is 0. The van der Waals surface area contributed by atoms with Crippen LogP contribution in [0, 0.1) is 0 Å². The van der Waals surface area contributed by atoms with E-state index in [1.165, 1.54) is 0 Å². The fourth-order valence-electron chi connectivity index (χ4n) is 0. The van der Waals surface area contributed by atoms with Crippen LogP contribution in [0.3, 0.4) is 0 Å². The molecule has 0 rings (SSSR count). The summed E-state index contributed by atoms with van der Waals surface area (Å²) in [6.45, 7) is 0. The third-order valence-corrected chi connectivity index (χ3v) is 0. The number of hydrogen-bond donors (Lipinski definition) is 0. The van der Waals surface area contributed by atoms with E-state index >= 15 is 0 Å². The molecule has 0 nitrogen and oxygen atoms in total. The minimum atomic E-state index is 0. The van der Waals surface area contributed by atoms with E-state index in [4.69, 9.17) is 0 Å². The van der Waals surface area contributed by atoms with Gasteiger partial charge in [-0.3, -0.25) is 0 Å². The second-order valence-corrected chi connectivity index (χ2v) is 0. The molecule has 0 amide bonds. The van der Waals surface area contributed by atoms with E-state index in [1.807, 2.05) is 0 Å². The summed E-state index contributed by atoms with van der Waals surface area (Å²) in [6, 6.07) is 0. The third kappa shape index (κ3) is 57.8. The molecular formula is CH10AlCuFeMnSSiTi. The van der Waals surface area contributed by atoms with Gasteiger partial charge in [-0.05, 0) is 11.0 Å². The van der Waals surface area contributed by atoms with Gasteiger partial charge in [0.05, 0.1) is 0 Å². The van der Waals surface area contributed by atoms with E-state index in [2.05, 4.69) is 0 Å². The molecule has 0 spiro atoms. The van der Waals surface area contributed by atoms with Gasteiger partial charge in [-0.2, -0.15) is 13.5 Å². The summed E-state index contributed by atoms with van der Waals surface area (Å²) in [4.78, 5) is 0. The molecule has 0 aromatic heterocycles. The van der Waals surface area contributed by atoms with Crippen molar-refractivity contribution in [3.63, 3.8) is 0 Å². The molecule has 0 aromatic carbocycles. The molecule has 0 saturated carbocycles. The zero-order chi connectivity index (χ0) is 0. The van der Waals surface area contributed by atoms with Gasteiger partial charge in [0.1, 0.15) is 0 Å². The van der Waals surface area contributed by atoms with Gasteiger partial charge in [-0.25, -0.2) is 0 Å². The Morgan fingerprint density at radius 2 is 1.00 bits per heavy atom. The molecule has 7 heteroatoms. The second kappa shape index (κ2) is 80.1. The van der Waals surface area contributed by atoms with E-state index in [0.29, 0.717) is 0 Å². The Kier molecular flexibility index (Phi) is 1080. The molecule has 0 aliphatic heterocycles. The molecule has 0 aliphatic carbocycles. The fourth-order valence-corrected chi connectivity index (χ4v) is 0. The molecular weight excluding hydrogens is 321 g/mol. The predicted molar refractivity (Wildman–Crippen MR) is 34.2 cm³/mol. The maximum atomic E-state index is 0. The molecule has 0 aromatic rings. The van der Waals surface area contributed by atoms with Crippen LogP contribution in [0.5, 0.6) is 0 Å². The SMILES string of the molecule is C.S.[Al].[Cu].[Fe].[Mn].[SiH4].[Ti]. The molecule has 5 radical (unpaired) electrons. The number of rotatable bonds is 0. The third-order valence-electron chi connectivity index (χ3n) is 0. The molecule has 0 N–H and O–H groups in total. The Morgan fingerprint density at radius 3 is 1.00 bits per heavy atom. The summed E-state index contributed by atoms with van der Waals surface area (Å²) >= 11 is 0. The Bertz CT molecular complexity index is 24.0. The molecule has 0 heterocycles. The summed E-state index contributed by atoms with van der Waals surface area (Å²) in [6.07, 6.45) is 0. The number of hydrogen-bond acceptors (Lipinski definition) is 0. The minimum Gasteiger partial charge on any atom is -0.197 e. The molecule has 8 heavy (non-hydrogen) atoms. The van der Waals surface area contributed by atoms with Crippen molar-refractivity contribution < 1.29 is 72.9 Å². The van der Waals surface area contributed by atoms with E-state index in [9.17, 15) is 0 Å². The van der Waals surface area contributed by atoms with Gasteiger partial charge in [0.25, 0.3) is 0 Å². The largest absolute Gasteiger partial charge is 0.197 e. The zero-order valence-electron chi connectivity index (χ0n) is 2.61. The summed E-state index contributed by atoms with van der Waals surface area (Å²) in [5.41, 5.74) is 0. The molecule has 57 valence electrons. The molecule has 0 unspecified atom stereocenters. The van der Waals surface area contributed by atoms with Crippen molar-refractivity contribution in [3.8, 4) is 0 Å². The van der Waals surface area contributed by atoms with E-state index in [1.54, 1.807) is 0 Å². The normalized spacial score (nSPS) is 0. The summed E-state index contributed by atoms with van der Waals surface area (Å²) in [5.74, 6) is 0. The molecule has 0 bridgehead atoms. The zero-order valence-corrected chi connectivity index (χ0v) is 9.55. The van der Waals surface area contributed by atoms with Crippen LogP contribution in [-0.4, -0.2) is 28.3 Å². The van der Waals surface area contributed by atoms with Gasteiger partial charge in [0, 0.05) is 90.3 Å². The van der Waals surface area contributed by atoms with Crippen molar-refractivity contribution in [2.75, 3.05) is 0 Å². The Balaban J connectivity index is 0. The van der Waals surface area contributed by atoms with Gasteiger partial charge in [0.2, 0.25) is 0 Å². The van der Waals surface area contributed by atoms with Gasteiger partial charge in [-0.1, -0.05) is 7.43 Å². The fraction of sp³-hybridized carbons (Fsp3) is 1.00. The topological polar surface area (TPSA) is 0 Å². The Labute approximate surface area is 120 Å². The van der Waals surface area contributed by atoms with Crippen molar-refractivity contribution in [1.82, 2.24) is 0 Å². The van der Waals surface area contributed by atoms with Crippen LogP contribution in [0.2, 0.25) is 0 Å². The van der Waals surface area contributed by atoms with Crippen molar-refractivity contribution in [3.05, 3.63) is 0 Å². The maximum absolute atomic E-state index is 0. The van der Waals surface area contributed by atoms with Gasteiger partial charge in [0.15, 0.2) is 0 Å². The van der Waals surface area contributed by atoms with E-state index in [-0.39, 0.29) is 122 Å². The molecule has 0 saturated heterocycles. The van der Waals surface area contributed by atoms with Crippen LogP contribution < -0.4 is 0 Å². The van der Waals surface area contributed by atoms with Crippen LogP contribution >= 0.6 is 13.5 Å². The van der Waals surface area contributed by atoms with Crippen molar-refractivity contribution in [2.45, 2.75) is 7.43 Å². The van der Waals surface area contributed by atoms with Crippen LogP contribution in [-0.2, 0) is 72.9 Å². The summed E-state index contributed by atoms with van der Waals surface area (Å²) < 4.78 is 0. The quantitative estimate of drug-likeness (QED) is 0.495. The first-order valence-corrected chi connectivity index (χ1v) is 0. The van der Waals surface area contributed by atoms with Crippen molar-refractivity contribution in [2.24, 2.45) is 0 Å². The van der Waals surface area contributed by atoms with Crippen LogP contribution in [0.1, 0.15) is 7.43 Å². The van der Waals surface area contributed by atoms with Gasteiger partial charge in [-0.15, -0.1) is 0 Å². The average Bonchev–Trinajstić information content (AvgIpc) is 0. The Morgan fingerprint density at radius 1 is 1.00 bits per heavy atom. The van der Waals surface area contributed by atoms with Crippen LogP contribution in [0.25, 0.3) is 0 Å². The molecule has 0 fully saturated rings. The van der Waals surface area contributed by atoms with Gasteiger partial charge >= 0.3 is 0 Å². The maximum Gasteiger partial charge on any atom is 0 e. The van der Waals surface area contributed by atoms with Crippen molar-refractivity contribution in [1.29, 1.82) is 0 Å². The Hall–Kier alpha value is 3.37. The minimum absolute atomic E-state index is 0. The van der Waals surface area contributed by atoms with E-state index in [0.717, 1.165) is 0 Å². The molecule has 0 atom stereocenters. The summed E-state index contributed by atoms with van der Waals surface area (Å²) in [7, 11) is 0. The smallest absolute Gasteiger partial charge is 0 e. The predicted octanol–water partition coefficient (Wildman–Crippen LogP) is -1.09. The average molecular weight is 331 g/mol. The van der Waals surface area contributed by atoms with E-state index < -0.39 is 0 Å². The van der Waals surface area contributed by atoms with Crippen molar-refractivity contribution >= 4 is 41.8 Å². The van der Waals surface area contributed by atoms with Crippen LogP contribution in [0.4, 0.5) is 0 Å². The summed E-state index contributed by atoms with van der Waals surface area (Å²) in [5, 5.41) is 0. The monoisotopic (exact) mass is 331 g/mol. The first kappa shape index (κ1) is 108. The molecule has 0 aliphatic rings. The van der Waals surface area contributed by atoms with Gasteiger partial charge < -0.3 is 0 Å². The second-order valence-electron chi connectivity index (χ2n) is 0. The first-order valence-electron chi connectivity index (χ1n) is 0. The van der Waals surface area contributed by atoms with Crippen LogP contribution in [0.15, 0.2) is 0 Å². The standard InChI is InChI=1S/CH4.Al.Cu.Fe.Mn.H2S.H4Si.Ti/h1H4;;;;;1H2;1H4;.